The van der Waals surface area contributed by atoms with E-state index in [2.05, 4.69) is 17.3 Å². The Hall–Kier alpha value is -1.52. The average Bonchev–Trinajstić information content (AvgIpc) is 2.75. The van der Waals surface area contributed by atoms with Crippen LogP contribution in [0.15, 0.2) is 30.3 Å². The van der Waals surface area contributed by atoms with Crippen LogP contribution in [0.3, 0.4) is 0 Å². The first-order valence-electron chi connectivity index (χ1n) is 6.82. The summed E-state index contributed by atoms with van der Waals surface area (Å²) in [5, 5.41) is 8.47. The van der Waals surface area contributed by atoms with Crippen molar-refractivity contribution in [1.82, 2.24) is 15.1 Å². The smallest absolute Gasteiger partial charge is 0.119 e. The zero-order valence-electron chi connectivity index (χ0n) is 11.9. The topological polar surface area (TPSA) is 39.1 Å². The molecule has 1 heterocycles. The number of hydrogen-bond donors (Lipinski definition) is 1. The number of rotatable bonds is 7. The molecule has 0 fully saturated rings. The van der Waals surface area contributed by atoms with Crippen molar-refractivity contribution in [2.75, 3.05) is 13.2 Å². The second kappa shape index (κ2) is 7.31. The number of nitrogens with zero attached hydrogens (tertiary/aromatic N) is 2. The van der Waals surface area contributed by atoms with Crippen molar-refractivity contribution < 1.29 is 4.74 Å². The first-order chi connectivity index (χ1) is 9.72. The van der Waals surface area contributed by atoms with Crippen LogP contribution in [0.25, 0.3) is 0 Å². The van der Waals surface area contributed by atoms with E-state index in [1.165, 1.54) is 0 Å². The van der Waals surface area contributed by atoms with Gasteiger partial charge in [0.1, 0.15) is 12.4 Å². The molecule has 0 aliphatic carbocycles. The number of nitrogens with one attached hydrogen (secondary N) is 1. The molecule has 5 heteroatoms. The third-order valence-electron chi connectivity index (χ3n) is 3.04. The first-order valence-corrected chi connectivity index (χ1v) is 7.20. The minimum atomic E-state index is 0.626. The van der Waals surface area contributed by atoms with E-state index >= 15 is 0 Å². The summed E-state index contributed by atoms with van der Waals surface area (Å²) in [5.74, 6) is 0.891. The van der Waals surface area contributed by atoms with Gasteiger partial charge in [-0.05, 0) is 26.0 Å². The van der Waals surface area contributed by atoms with Crippen LogP contribution in [0, 0.1) is 6.92 Å². The third-order valence-corrected chi connectivity index (χ3v) is 3.53. The van der Waals surface area contributed by atoms with E-state index < -0.39 is 0 Å². The van der Waals surface area contributed by atoms with Gasteiger partial charge in [-0.3, -0.25) is 4.68 Å². The molecule has 0 unspecified atom stereocenters. The monoisotopic (exact) mass is 293 g/mol. The zero-order chi connectivity index (χ0) is 14.4. The van der Waals surface area contributed by atoms with Crippen LogP contribution in [-0.2, 0) is 13.1 Å². The molecule has 0 atom stereocenters. The molecule has 1 N–H and O–H groups in total. The molecule has 2 aromatic rings. The van der Waals surface area contributed by atoms with Gasteiger partial charge in [-0.15, -0.1) is 0 Å². The predicted octanol–water partition coefficient (Wildman–Crippen LogP) is 3.03. The lowest BCUT2D eigenvalue weighted by Crippen LogP contribution is -2.22. The van der Waals surface area contributed by atoms with E-state index in [-0.39, 0.29) is 0 Å². The number of hydrogen-bond acceptors (Lipinski definition) is 3. The molecule has 0 saturated heterocycles. The average molecular weight is 294 g/mol. The summed E-state index contributed by atoms with van der Waals surface area (Å²) in [6.07, 6.45) is 0. The fourth-order valence-corrected chi connectivity index (χ4v) is 2.20. The van der Waals surface area contributed by atoms with Gasteiger partial charge in [-0.2, -0.15) is 5.10 Å². The highest BCUT2D eigenvalue weighted by Crippen LogP contribution is 2.19. The Labute approximate surface area is 124 Å². The molecule has 1 aromatic heterocycles. The molecular weight excluding hydrogens is 274 g/mol. The van der Waals surface area contributed by atoms with Gasteiger partial charge in [0.15, 0.2) is 0 Å². The normalized spacial score (nSPS) is 10.8. The molecule has 0 aliphatic rings. The molecule has 2 rings (SSSR count). The summed E-state index contributed by atoms with van der Waals surface area (Å²) in [5.41, 5.74) is 1.91. The number of ether oxygens (including phenoxy) is 1. The summed E-state index contributed by atoms with van der Waals surface area (Å²) in [6.45, 7) is 6.90. The van der Waals surface area contributed by atoms with Gasteiger partial charge in [-0.1, -0.05) is 29.8 Å². The lowest BCUT2D eigenvalue weighted by atomic mass is 10.3. The molecule has 1 aromatic carbocycles. The van der Waals surface area contributed by atoms with Crippen molar-refractivity contribution in [3.63, 3.8) is 0 Å². The Morgan fingerprint density at radius 2 is 2.05 bits per heavy atom. The molecule has 0 aliphatic heterocycles. The predicted molar refractivity (Wildman–Crippen MR) is 81.3 cm³/mol. The van der Waals surface area contributed by atoms with Gasteiger partial charge >= 0.3 is 0 Å². The van der Waals surface area contributed by atoms with Crippen molar-refractivity contribution in [3.8, 4) is 5.75 Å². The van der Waals surface area contributed by atoms with Gasteiger partial charge in [0.25, 0.3) is 0 Å². The fraction of sp³-hybridized carbons (Fsp3) is 0.400. The Kier molecular flexibility index (Phi) is 5.44. The van der Waals surface area contributed by atoms with Crippen LogP contribution in [0.1, 0.15) is 18.3 Å². The molecule has 20 heavy (non-hydrogen) atoms. The van der Waals surface area contributed by atoms with Crippen molar-refractivity contribution in [2.45, 2.75) is 26.9 Å². The SMILES string of the molecule is CCn1nc(C)c(Cl)c1CNCCOc1ccccc1. The summed E-state index contributed by atoms with van der Waals surface area (Å²) in [6, 6.07) is 9.80. The molecular formula is C15H20ClN3O. The third kappa shape index (κ3) is 3.74. The molecule has 0 spiro atoms. The summed E-state index contributed by atoms with van der Waals surface area (Å²) >= 11 is 6.25. The highest BCUT2D eigenvalue weighted by Gasteiger charge is 2.11. The van der Waals surface area contributed by atoms with Crippen LogP contribution in [0.4, 0.5) is 0 Å². The number of aryl methyl sites for hydroxylation is 2. The molecule has 0 radical (unpaired) electrons. The quantitative estimate of drug-likeness (QED) is 0.798. The van der Waals surface area contributed by atoms with E-state index in [1.54, 1.807) is 0 Å². The lowest BCUT2D eigenvalue weighted by Gasteiger charge is -2.09. The van der Waals surface area contributed by atoms with Crippen LogP contribution in [0.5, 0.6) is 5.75 Å². The van der Waals surface area contributed by atoms with E-state index in [1.807, 2.05) is 41.9 Å². The van der Waals surface area contributed by atoms with Crippen LogP contribution in [-0.4, -0.2) is 22.9 Å². The molecule has 0 saturated carbocycles. The van der Waals surface area contributed by atoms with Crippen LogP contribution >= 0.6 is 11.6 Å². The van der Waals surface area contributed by atoms with Crippen molar-refractivity contribution in [3.05, 3.63) is 46.7 Å². The van der Waals surface area contributed by atoms with Gasteiger partial charge in [0.2, 0.25) is 0 Å². The molecule has 4 nitrogen and oxygen atoms in total. The second-order valence-corrected chi connectivity index (χ2v) is 4.88. The van der Waals surface area contributed by atoms with Crippen molar-refractivity contribution in [1.29, 1.82) is 0 Å². The Bertz CT molecular complexity index is 540. The minimum absolute atomic E-state index is 0.626. The maximum atomic E-state index is 6.25. The summed E-state index contributed by atoms with van der Waals surface area (Å²) < 4.78 is 7.55. The van der Waals surface area contributed by atoms with Gasteiger partial charge in [0.05, 0.1) is 16.4 Å². The summed E-state index contributed by atoms with van der Waals surface area (Å²) in [7, 11) is 0. The van der Waals surface area contributed by atoms with Gasteiger partial charge in [0, 0.05) is 19.6 Å². The standard InChI is InChI=1S/C15H20ClN3O/c1-3-19-14(15(16)12(2)18-19)11-17-9-10-20-13-7-5-4-6-8-13/h4-8,17H,3,9-11H2,1-2H3. The number of halogens is 1. The maximum Gasteiger partial charge on any atom is 0.119 e. The second-order valence-electron chi connectivity index (χ2n) is 4.50. The largest absolute Gasteiger partial charge is 0.492 e. The van der Waals surface area contributed by atoms with Gasteiger partial charge in [-0.25, -0.2) is 0 Å². The number of aromatic nitrogens is 2. The van der Waals surface area contributed by atoms with Crippen LogP contribution < -0.4 is 10.1 Å². The maximum absolute atomic E-state index is 6.25. The Morgan fingerprint density at radius 3 is 2.75 bits per heavy atom. The van der Waals surface area contributed by atoms with E-state index in [0.29, 0.717) is 13.2 Å². The highest BCUT2D eigenvalue weighted by molar-refractivity contribution is 6.31. The van der Waals surface area contributed by atoms with E-state index in [4.69, 9.17) is 16.3 Å². The first kappa shape index (κ1) is 14.9. The highest BCUT2D eigenvalue weighted by atomic mass is 35.5. The summed E-state index contributed by atoms with van der Waals surface area (Å²) in [4.78, 5) is 0. The fourth-order valence-electron chi connectivity index (χ4n) is 2.00. The molecule has 108 valence electrons. The van der Waals surface area contributed by atoms with Crippen molar-refractivity contribution in [2.24, 2.45) is 0 Å². The Balaban J connectivity index is 1.76. The van der Waals surface area contributed by atoms with Gasteiger partial charge < -0.3 is 10.1 Å². The Morgan fingerprint density at radius 1 is 1.30 bits per heavy atom. The molecule has 0 amide bonds. The number of para-hydroxylation sites is 1. The van der Waals surface area contributed by atoms with Crippen molar-refractivity contribution >= 4 is 11.6 Å². The van der Waals surface area contributed by atoms with Crippen LogP contribution in [0.2, 0.25) is 5.02 Å². The lowest BCUT2D eigenvalue weighted by molar-refractivity contribution is 0.313. The molecule has 0 bridgehead atoms. The number of benzene rings is 1. The van der Waals surface area contributed by atoms with E-state index in [9.17, 15) is 0 Å². The van der Waals surface area contributed by atoms with E-state index in [0.717, 1.165) is 35.2 Å². The minimum Gasteiger partial charge on any atom is -0.492 e. The zero-order valence-corrected chi connectivity index (χ0v) is 12.7.